The number of fused-ring (bicyclic) bond motifs is 1. The van der Waals surface area contributed by atoms with Gasteiger partial charge in [0, 0.05) is 25.7 Å². The molecule has 0 spiro atoms. The van der Waals surface area contributed by atoms with Gasteiger partial charge in [-0.3, -0.25) is 4.79 Å². The predicted octanol–water partition coefficient (Wildman–Crippen LogP) is 2.20. The minimum absolute atomic E-state index is 0.231. The van der Waals surface area contributed by atoms with Crippen LogP contribution in [0.4, 0.5) is 0 Å². The van der Waals surface area contributed by atoms with Crippen molar-refractivity contribution in [1.29, 1.82) is 0 Å². The average Bonchev–Trinajstić information content (AvgIpc) is 2.47. The Labute approximate surface area is 119 Å². The number of benzene rings is 2. The molecular formula is C17H20N2O. The molecule has 1 aliphatic heterocycles. The topological polar surface area (TPSA) is 32.3 Å². The molecule has 20 heavy (non-hydrogen) atoms. The highest BCUT2D eigenvalue weighted by molar-refractivity contribution is 5.85. The molecule has 0 aromatic heterocycles. The number of amides is 1. The van der Waals surface area contributed by atoms with Crippen molar-refractivity contribution in [1.82, 2.24) is 10.2 Å². The van der Waals surface area contributed by atoms with E-state index in [9.17, 15) is 4.79 Å². The van der Waals surface area contributed by atoms with Crippen LogP contribution < -0.4 is 5.32 Å². The predicted molar refractivity (Wildman–Crippen MR) is 81.7 cm³/mol. The van der Waals surface area contributed by atoms with Crippen LogP contribution in [0, 0.1) is 0 Å². The monoisotopic (exact) mass is 268 g/mol. The van der Waals surface area contributed by atoms with Crippen molar-refractivity contribution in [2.45, 2.75) is 19.4 Å². The molecule has 1 atom stereocenters. The SMILES string of the molecule is C[C@H]1CNCCN1C(=O)Cc1ccc2ccccc2c1. The van der Waals surface area contributed by atoms with Crippen LogP contribution in [0.2, 0.25) is 0 Å². The van der Waals surface area contributed by atoms with Gasteiger partial charge in [0.05, 0.1) is 6.42 Å². The van der Waals surface area contributed by atoms with Crippen LogP contribution >= 0.6 is 0 Å². The van der Waals surface area contributed by atoms with Crippen LogP contribution in [0.3, 0.4) is 0 Å². The number of nitrogens with zero attached hydrogens (tertiary/aromatic N) is 1. The van der Waals surface area contributed by atoms with E-state index in [1.54, 1.807) is 0 Å². The molecule has 1 aliphatic rings. The molecule has 0 bridgehead atoms. The van der Waals surface area contributed by atoms with Gasteiger partial charge in [-0.1, -0.05) is 42.5 Å². The Kier molecular flexibility index (Phi) is 3.70. The zero-order valence-electron chi connectivity index (χ0n) is 11.8. The van der Waals surface area contributed by atoms with Crippen molar-refractivity contribution in [3.63, 3.8) is 0 Å². The van der Waals surface area contributed by atoms with Gasteiger partial charge in [0.1, 0.15) is 0 Å². The molecule has 0 saturated carbocycles. The van der Waals surface area contributed by atoms with Gasteiger partial charge in [0.15, 0.2) is 0 Å². The first-order valence-corrected chi connectivity index (χ1v) is 7.22. The molecule has 2 aromatic rings. The molecule has 0 radical (unpaired) electrons. The second kappa shape index (κ2) is 5.63. The average molecular weight is 268 g/mol. The van der Waals surface area contributed by atoms with Gasteiger partial charge in [-0.15, -0.1) is 0 Å². The summed E-state index contributed by atoms with van der Waals surface area (Å²) in [6, 6.07) is 14.8. The maximum Gasteiger partial charge on any atom is 0.227 e. The van der Waals surface area contributed by atoms with E-state index in [4.69, 9.17) is 0 Å². The molecule has 3 nitrogen and oxygen atoms in total. The van der Waals surface area contributed by atoms with E-state index >= 15 is 0 Å². The zero-order chi connectivity index (χ0) is 13.9. The molecule has 1 saturated heterocycles. The van der Waals surface area contributed by atoms with Gasteiger partial charge >= 0.3 is 0 Å². The van der Waals surface area contributed by atoms with E-state index in [0.29, 0.717) is 6.42 Å². The first-order chi connectivity index (χ1) is 9.74. The molecule has 0 aliphatic carbocycles. The lowest BCUT2D eigenvalue weighted by atomic mass is 10.0. The molecule has 2 aromatic carbocycles. The Bertz CT molecular complexity index is 623. The first kappa shape index (κ1) is 13.1. The molecule has 1 heterocycles. The fourth-order valence-electron chi connectivity index (χ4n) is 2.84. The van der Waals surface area contributed by atoms with Gasteiger partial charge in [-0.2, -0.15) is 0 Å². The van der Waals surface area contributed by atoms with Crippen LogP contribution in [0.15, 0.2) is 42.5 Å². The van der Waals surface area contributed by atoms with Gasteiger partial charge in [0.2, 0.25) is 5.91 Å². The largest absolute Gasteiger partial charge is 0.337 e. The van der Waals surface area contributed by atoms with Crippen molar-refractivity contribution in [2.24, 2.45) is 0 Å². The highest BCUT2D eigenvalue weighted by Gasteiger charge is 2.22. The molecule has 3 rings (SSSR count). The summed E-state index contributed by atoms with van der Waals surface area (Å²) in [4.78, 5) is 14.4. The van der Waals surface area contributed by atoms with Crippen molar-refractivity contribution in [3.8, 4) is 0 Å². The third-order valence-electron chi connectivity index (χ3n) is 3.99. The van der Waals surface area contributed by atoms with E-state index in [-0.39, 0.29) is 11.9 Å². The number of nitrogens with one attached hydrogen (secondary N) is 1. The van der Waals surface area contributed by atoms with E-state index < -0.39 is 0 Å². The summed E-state index contributed by atoms with van der Waals surface area (Å²) in [6.45, 7) is 4.70. The lowest BCUT2D eigenvalue weighted by molar-refractivity contribution is -0.133. The van der Waals surface area contributed by atoms with Crippen molar-refractivity contribution < 1.29 is 4.79 Å². The van der Waals surface area contributed by atoms with Gasteiger partial charge in [0.25, 0.3) is 0 Å². The lowest BCUT2D eigenvalue weighted by Crippen LogP contribution is -2.52. The Morgan fingerprint density at radius 3 is 2.85 bits per heavy atom. The minimum Gasteiger partial charge on any atom is -0.337 e. The number of carbonyl (C=O) groups excluding carboxylic acids is 1. The number of hydrogen-bond donors (Lipinski definition) is 1. The summed E-state index contributed by atoms with van der Waals surface area (Å²) < 4.78 is 0. The molecular weight excluding hydrogens is 248 g/mol. The van der Waals surface area contributed by atoms with Crippen LogP contribution in [-0.2, 0) is 11.2 Å². The Morgan fingerprint density at radius 2 is 2.05 bits per heavy atom. The minimum atomic E-state index is 0.231. The van der Waals surface area contributed by atoms with E-state index in [0.717, 1.165) is 25.2 Å². The molecule has 1 N–H and O–H groups in total. The molecule has 104 valence electrons. The second-order valence-corrected chi connectivity index (χ2v) is 5.50. The standard InChI is InChI=1S/C17H20N2O/c1-13-12-18-8-9-19(13)17(20)11-14-6-7-15-4-2-3-5-16(15)10-14/h2-7,10,13,18H,8-9,11-12H2,1H3/t13-/m0/s1. The Morgan fingerprint density at radius 1 is 1.25 bits per heavy atom. The fourth-order valence-corrected chi connectivity index (χ4v) is 2.84. The van der Waals surface area contributed by atoms with Gasteiger partial charge in [-0.05, 0) is 23.3 Å². The summed E-state index contributed by atoms with van der Waals surface area (Å²) in [5, 5.41) is 5.74. The van der Waals surface area contributed by atoms with Crippen LogP contribution in [0.1, 0.15) is 12.5 Å². The number of piperazine rings is 1. The lowest BCUT2D eigenvalue weighted by Gasteiger charge is -2.34. The molecule has 3 heteroatoms. The molecule has 1 amide bonds. The molecule has 0 unspecified atom stereocenters. The quantitative estimate of drug-likeness (QED) is 0.905. The van der Waals surface area contributed by atoms with Crippen molar-refractivity contribution >= 4 is 16.7 Å². The summed E-state index contributed by atoms with van der Waals surface area (Å²) >= 11 is 0. The highest BCUT2D eigenvalue weighted by atomic mass is 16.2. The smallest absolute Gasteiger partial charge is 0.227 e. The van der Waals surface area contributed by atoms with Crippen LogP contribution in [0.5, 0.6) is 0 Å². The Balaban J connectivity index is 1.76. The third kappa shape index (κ3) is 2.68. The van der Waals surface area contributed by atoms with Gasteiger partial charge in [-0.25, -0.2) is 0 Å². The number of rotatable bonds is 2. The normalized spacial score (nSPS) is 19.2. The van der Waals surface area contributed by atoms with Gasteiger partial charge < -0.3 is 10.2 Å². The zero-order valence-corrected chi connectivity index (χ0v) is 11.8. The van der Waals surface area contributed by atoms with E-state index in [1.807, 2.05) is 17.0 Å². The van der Waals surface area contributed by atoms with Crippen LogP contribution in [-0.4, -0.2) is 36.5 Å². The summed E-state index contributed by atoms with van der Waals surface area (Å²) in [7, 11) is 0. The van der Waals surface area contributed by atoms with Crippen LogP contribution in [0.25, 0.3) is 10.8 Å². The second-order valence-electron chi connectivity index (χ2n) is 5.50. The van der Waals surface area contributed by atoms with Crippen molar-refractivity contribution in [3.05, 3.63) is 48.0 Å². The van der Waals surface area contributed by atoms with E-state index in [2.05, 4.69) is 42.6 Å². The summed E-state index contributed by atoms with van der Waals surface area (Å²) in [5.74, 6) is 0.231. The third-order valence-corrected chi connectivity index (χ3v) is 3.99. The number of hydrogen-bond acceptors (Lipinski definition) is 2. The summed E-state index contributed by atoms with van der Waals surface area (Å²) in [5.41, 5.74) is 1.10. The molecule has 1 fully saturated rings. The maximum absolute atomic E-state index is 12.4. The maximum atomic E-state index is 12.4. The summed E-state index contributed by atoms with van der Waals surface area (Å²) in [6.07, 6.45) is 0.495. The highest BCUT2D eigenvalue weighted by Crippen LogP contribution is 2.17. The fraction of sp³-hybridized carbons (Fsp3) is 0.353. The van der Waals surface area contributed by atoms with Crippen molar-refractivity contribution in [2.75, 3.05) is 19.6 Å². The Hall–Kier alpha value is -1.87. The first-order valence-electron chi connectivity index (χ1n) is 7.22. The van der Waals surface area contributed by atoms with E-state index in [1.165, 1.54) is 10.8 Å². The number of carbonyl (C=O) groups is 1.